The Bertz CT molecular complexity index is 1450. The maximum absolute atomic E-state index is 12.8. The van der Waals surface area contributed by atoms with Gasteiger partial charge in [0.05, 0.1) is 12.2 Å². The molecule has 0 saturated carbocycles. The molecule has 0 amide bonds. The Kier molecular flexibility index (Phi) is 8.63. The normalized spacial score (nSPS) is 22.0. The number of Topliss-reactive ketones (excluding diaryl/α,β-unsaturated/α-hetero) is 1. The van der Waals surface area contributed by atoms with E-state index in [9.17, 15) is 60.7 Å². The van der Waals surface area contributed by atoms with Crippen LogP contribution in [0.2, 0.25) is 0 Å². The van der Waals surface area contributed by atoms with Crippen LogP contribution in [0.5, 0.6) is 40.2 Å². The summed E-state index contributed by atoms with van der Waals surface area (Å²) < 4.78 is 10.8. The first-order valence-corrected chi connectivity index (χ1v) is 12.5. The summed E-state index contributed by atoms with van der Waals surface area (Å²) in [6, 6.07) is 7.59. The predicted octanol–water partition coefficient (Wildman–Crippen LogP) is 0.821. The molecule has 1 aliphatic rings. The van der Waals surface area contributed by atoms with Crippen molar-refractivity contribution in [3.8, 4) is 40.2 Å². The second kappa shape index (κ2) is 12.0. The molecule has 1 aliphatic heterocycles. The van der Waals surface area contributed by atoms with Gasteiger partial charge in [-0.05, 0) is 53.9 Å². The molecule has 0 aliphatic carbocycles. The van der Waals surface area contributed by atoms with Gasteiger partial charge in [-0.25, -0.2) is 4.79 Å². The summed E-state index contributed by atoms with van der Waals surface area (Å²) in [6.45, 7) is -0.828. The van der Waals surface area contributed by atoms with Crippen LogP contribution in [0.3, 0.4) is 0 Å². The highest BCUT2D eigenvalue weighted by Crippen LogP contribution is 2.40. The highest BCUT2D eigenvalue weighted by molar-refractivity contribution is 6.01. The quantitative estimate of drug-likeness (QED) is 0.0993. The number of aromatic hydroxyl groups is 7. The summed E-state index contributed by atoms with van der Waals surface area (Å²) in [6.07, 6.45) is -8.38. The van der Waals surface area contributed by atoms with E-state index in [4.69, 9.17) is 9.47 Å². The smallest absolute Gasteiger partial charge is 0.338 e. The van der Waals surface area contributed by atoms with Crippen molar-refractivity contribution in [1.29, 1.82) is 0 Å². The van der Waals surface area contributed by atoms with Gasteiger partial charge in [0.1, 0.15) is 41.5 Å². The van der Waals surface area contributed by atoms with Crippen molar-refractivity contribution in [1.82, 2.24) is 0 Å². The molecule has 0 spiro atoms. The topological polar surface area (TPSA) is 255 Å². The van der Waals surface area contributed by atoms with Crippen LogP contribution in [0.25, 0.3) is 0 Å². The Balaban J connectivity index is 1.50. The molecule has 10 N–H and O–H groups in total. The van der Waals surface area contributed by atoms with Crippen molar-refractivity contribution >= 4 is 11.8 Å². The van der Waals surface area contributed by atoms with Crippen LogP contribution in [-0.2, 0) is 15.9 Å². The zero-order valence-electron chi connectivity index (χ0n) is 21.7. The number of carbonyl (C=O) groups excluding carboxylic acids is 2. The maximum Gasteiger partial charge on any atom is 0.338 e. The molecule has 14 heteroatoms. The molecule has 1 heterocycles. The largest absolute Gasteiger partial charge is 0.507 e. The molecular formula is C28H28O14. The monoisotopic (exact) mass is 588 g/mol. The minimum Gasteiger partial charge on any atom is -0.507 e. The first-order chi connectivity index (χ1) is 19.8. The van der Waals surface area contributed by atoms with E-state index in [-0.39, 0.29) is 29.9 Å². The number of esters is 1. The number of hydrogen-bond donors (Lipinski definition) is 10. The molecule has 3 aromatic carbocycles. The number of rotatable bonds is 8. The van der Waals surface area contributed by atoms with E-state index < -0.39 is 88.8 Å². The van der Waals surface area contributed by atoms with Gasteiger partial charge in [-0.1, -0.05) is 6.07 Å². The highest BCUT2D eigenvalue weighted by atomic mass is 16.6. The molecule has 3 aromatic rings. The molecule has 224 valence electrons. The van der Waals surface area contributed by atoms with Crippen LogP contribution >= 0.6 is 0 Å². The van der Waals surface area contributed by atoms with Crippen LogP contribution in [0.4, 0.5) is 0 Å². The van der Waals surface area contributed by atoms with Gasteiger partial charge in [0.15, 0.2) is 40.6 Å². The molecule has 14 nitrogen and oxygen atoms in total. The fourth-order valence-corrected chi connectivity index (χ4v) is 4.61. The van der Waals surface area contributed by atoms with Crippen LogP contribution in [-0.4, -0.2) is 93.8 Å². The Morgan fingerprint density at radius 3 is 1.95 bits per heavy atom. The summed E-state index contributed by atoms with van der Waals surface area (Å²) in [5, 5.41) is 100. The standard InChI is InChI=1S/C28H28O14/c29-10-21-27(42-28(40)13-8-19(35)23(37)20(36)9-13)25(39)24(38)26(41-21)12-6-17(33)22(18(34)7-12)15(31)4-2-11-1-3-14(30)16(32)5-11/h1,3,5-9,21,24-27,29-30,32-39H,2,4,10H2/t21-,24-,25-,26+,27-/m1/s1. The summed E-state index contributed by atoms with van der Waals surface area (Å²) in [5.74, 6) is -6.47. The number of ketones is 1. The van der Waals surface area contributed by atoms with Crippen molar-refractivity contribution in [3.05, 3.63) is 64.7 Å². The Hall–Kier alpha value is -4.76. The minimum atomic E-state index is -1.88. The lowest BCUT2D eigenvalue weighted by Gasteiger charge is -2.42. The van der Waals surface area contributed by atoms with Gasteiger partial charge < -0.3 is 60.5 Å². The second-order valence-electron chi connectivity index (χ2n) is 9.67. The summed E-state index contributed by atoms with van der Waals surface area (Å²) in [4.78, 5) is 25.3. The van der Waals surface area contributed by atoms with Crippen molar-refractivity contribution in [2.24, 2.45) is 0 Å². The summed E-state index contributed by atoms with van der Waals surface area (Å²) >= 11 is 0. The van der Waals surface area contributed by atoms with Crippen LogP contribution in [0.15, 0.2) is 42.5 Å². The second-order valence-corrected chi connectivity index (χ2v) is 9.67. The average molecular weight is 589 g/mol. The number of phenolic OH excluding ortho intramolecular Hbond substituents is 7. The lowest BCUT2D eigenvalue weighted by molar-refractivity contribution is -0.231. The average Bonchev–Trinajstić information content (AvgIpc) is 2.94. The van der Waals surface area contributed by atoms with E-state index >= 15 is 0 Å². The van der Waals surface area contributed by atoms with Gasteiger partial charge >= 0.3 is 5.97 Å². The third-order valence-corrected chi connectivity index (χ3v) is 6.82. The van der Waals surface area contributed by atoms with Crippen LogP contribution < -0.4 is 0 Å². The number of aryl methyl sites for hydroxylation is 1. The van der Waals surface area contributed by atoms with Gasteiger partial charge in [0.25, 0.3) is 0 Å². The predicted molar refractivity (Wildman–Crippen MR) is 140 cm³/mol. The fourth-order valence-electron chi connectivity index (χ4n) is 4.61. The Morgan fingerprint density at radius 2 is 1.38 bits per heavy atom. The van der Waals surface area contributed by atoms with E-state index in [0.29, 0.717) is 5.56 Å². The Labute approximate surface area is 237 Å². The van der Waals surface area contributed by atoms with Gasteiger partial charge in [-0.3, -0.25) is 4.79 Å². The number of phenols is 7. The molecule has 0 bridgehead atoms. The first-order valence-electron chi connectivity index (χ1n) is 12.5. The zero-order chi connectivity index (χ0) is 30.9. The number of ether oxygens (including phenoxy) is 2. The SMILES string of the molecule is O=C(O[C@H]1[C@H](O)[C@@H](O)[C@H](c2cc(O)c(C(=O)CCc3ccc(O)c(O)c3)c(O)c2)O[C@@H]1CO)c1cc(O)c(O)c(O)c1. The van der Waals surface area contributed by atoms with E-state index in [2.05, 4.69) is 0 Å². The third-order valence-electron chi connectivity index (χ3n) is 6.82. The number of aliphatic hydroxyl groups is 3. The van der Waals surface area contributed by atoms with Crippen molar-refractivity contribution < 1.29 is 70.1 Å². The van der Waals surface area contributed by atoms with Gasteiger partial charge in [0, 0.05) is 6.42 Å². The van der Waals surface area contributed by atoms with Gasteiger partial charge in [-0.2, -0.15) is 0 Å². The molecule has 0 radical (unpaired) electrons. The maximum atomic E-state index is 12.8. The minimum absolute atomic E-state index is 0.0897. The molecule has 1 saturated heterocycles. The molecular weight excluding hydrogens is 560 g/mol. The van der Waals surface area contributed by atoms with E-state index in [1.165, 1.54) is 18.2 Å². The number of aliphatic hydroxyl groups excluding tert-OH is 3. The Morgan fingerprint density at radius 1 is 0.762 bits per heavy atom. The third kappa shape index (κ3) is 5.96. The van der Waals surface area contributed by atoms with Crippen LogP contribution in [0.1, 0.15) is 44.4 Å². The van der Waals surface area contributed by atoms with E-state index in [1.807, 2.05) is 0 Å². The van der Waals surface area contributed by atoms with Crippen molar-refractivity contribution in [2.75, 3.05) is 6.61 Å². The zero-order valence-corrected chi connectivity index (χ0v) is 21.7. The molecule has 0 unspecified atom stereocenters. The number of carbonyl (C=O) groups is 2. The molecule has 0 aromatic heterocycles. The molecule has 42 heavy (non-hydrogen) atoms. The lowest BCUT2D eigenvalue weighted by atomic mass is 9.89. The first kappa shape index (κ1) is 30.2. The lowest BCUT2D eigenvalue weighted by Crippen LogP contribution is -2.56. The van der Waals surface area contributed by atoms with Gasteiger partial charge in [-0.15, -0.1) is 0 Å². The van der Waals surface area contributed by atoms with Gasteiger partial charge in [0.2, 0.25) is 0 Å². The van der Waals surface area contributed by atoms with E-state index in [1.54, 1.807) is 0 Å². The van der Waals surface area contributed by atoms with Crippen molar-refractivity contribution in [3.63, 3.8) is 0 Å². The van der Waals surface area contributed by atoms with Crippen molar-refractivity contribution in [2.45, 2.75) is 43.4 Å². The van der Waals surface area contributed by atoms with Crippen LogP contribution in [0, 0.1) is 0 Å². The number of hydrogen-bond acceptors (Lipinski definition) is 14. The number of benzene rings is 3. The summed E-state index contributed by atoms with van der Waals surface area (Å²) in [5.41, 5.74) is -0.446. The molecule has 5 atom stereocenters. The highest BCUT2D eigenvalue weighted by Gasteiger charge is 2.47. The molecule has 4 rings (SSSR count). The molecule has 1 fully saturated rings. The summed E-state index contributed by atoms with van der Waals surface area (Å²) in [7, 11) is 0. The van der Waals surface area contributed by atoms with E-state index in [0.717, 1.165) is 24.3 Å². The fraction of sp³-hybridized carbons (Fsp3) is 0.286.